The molecule has 0 fully saturated rings. The van der Waals surface area contributed by atoms with Gasteiger partial charge in [-0.05, 0) is 72.3 Å². The summed E-state index contributed by atoms with van der Waals surface area (Å²) in [7, 11) is 1.58. The summed E-state index contributed by atoms with van der Waals surface area (Å²) >= 11 is 6.05. The SMILES string of the molecule is COc1ccc(Oc2ccccc2C(=O)Nc2ccc(Cl)cc2/C=C/C(=O)CO)cc1. The molecule has 3 aromatic carbocycles. The van der Waals surface area contributed by atoms with Crippen molar-refractivity contribution < 1.29 is 24.2 Å². The van der Waals surface area contributed by atoms with Crippen LogP contribution >= 0.6 is 11.6 Å². The van der Waals surface area contributed by atoms with E-state index < -0.39 is 18.3 Å². The van der Waals surface area contributed by atoms with Crippen molar-refractivity contribution in [2.75, 3.05) is 19.0 Å². The van der Waals surface area contributed by atoms with Gasteiger partial charge in [-0.25, -0.2) is 0 Å². The van der Waals surface area contributed by atoms with Crippen molar-refractivity contribution in [1.29, 1.82) is 0 Å². The van der Waals surface area contributed by atoms with Crippen molar-refractivity contribution in [3.05, 3.63) is 89.0 Å². The zero-order chi connectivity index (χ0) is 22.2. The number of hydrogen-bond donors (Lipinski definition) is 2. The second kappa shape index (κ2) is 10.4. The van der Waals surface area contributed by atoms with Gasteiger partial charge in [0.25, 0.3) is 5.91 Å². The first kappa shape index (κ1) is 22.1. The fourth-order valence-electron chi connectivity index (χ4n) is 2.72. The molecule has 0 saturated heterocycles. The number of benzene rings is 3. The summed E-state index contributed by atoms with van der Waals surface area (Å²) in [6.07, 6.45) is 2.71. The number of nitrogens with one attached hydrogen (secondary N) is 1. The van der Waals surface area contributed by atoms with Crippen molar-refractivity contribution in [3.63, 3.8) is 0 Å². The fraction of sp³-hybridized carbons (Fsp3) is 0.0833. The summed E-state index contributed by atoms with van der Waals surface area (Å²) in [5, 5.41) is 12.2. The summed E-state index contributed by atoms with van der Waals surface area (Å²) in [6.45, 7) is -0.602. The minimum absolute atomic E-state index is 0.328. The van der Waals surface area contributed by atoms with Crippen LogP contribution in [0.25, 0.3) is 6.08 Å². The van der Waals surface area contributed by atoms with Gasteiger partial charge in [0.2, 0.25) is 0 Å². The second-order valence-corrected chi connectivity index (χ2v) is 6.85. The molecule has 2 N–H and O–H groups in total. The number of ketones is 1. The number of anilines is 1. The van der Waals surface area contributed by atoms with Crippen molar-refractivity contribution in [3.8, 4) is 17.2 Å². The maximum atomic E-state index is 13.0. The molecule has 0 bridgehead atoms. The Morgan fingerprint density at radius 3 is 2.45 bits per heavy atom. The summed E-state index contributed by atoms with van der Waals surface area (Å²) in [5.41, 5.74) is 1.31. The van der Waals surface area contributed by atoms with Crippen LogP contribution in [-0.2, 0) is 4.79 Å². The molecule has 3 rings (SSSR count). The quantitative estimate of drug-likeness (QED) is 0.486. The number of carbonyl (C=O) groups is 2. The minimum atomic E-state index is -0.602. The van der Waals surface area contributed by atoms with E-state index in [-0.39, 0.29) is 0 Å². The molecular formula is C24H20ClNO5. The van der Waals surface area contributed by atoms with E-state index in [1.165, 1.54) is 12.2 Å². The van der Waals surface area contributed by atoms with Crippen molar-refractivity contribution >= 4 is 35.1 Å². The average Bonchev–Trinajstić information content (AvgIpc) is 2.79. The molecule has 6 nitrogen and oxygen atoms in total. The van der Waals surface area contributed by atoms with Crippen LogP contribution in [0, 0.1) is 0 Å². The van der Waals surface area contributed by atoms with Crippen LogP contribution in [0.2, 0.25) is 5.02 Å². The molecular weight excluding hydrogens is 418 g/mol. The smallest absolute Gasteiger partial charge is 0.259 e. The Morgan fingerprint density at radius 1 is 1.03 bits per heavy atom. The summed E-state index contributed by atoms with van der Waals surface area (Å²) in [6, 6.07) is 18.7. The monoisotopic (exact) mass is 437 g/mol. The van der Waals surface area contributed by atoms with Crippen molar-refractivity contribution in [2.24, 2.45) is 0 Å². The number of amides is 1. The Hall–Kier alpha value is -3.61. The average molecular weight is 438 g/mol. The van der Waals surface area contributed by atoms with Gasteiger partial charge in [-0.15, -0.1) is 0 Å². The highest BCUT2D eigenvalue weighted by molar-refractivity contribution is 6.31. The third kappa shape index (κ3) is 5.94. The fourth-order valence-corrected chi connectivity index (χ4v) is 2.90. The molecule has 0 atom stereocenters. The van der Waals surface area contributed by atoms with Gasteiger partial charge in [0.15, 0.2) is 5.78 Å². The predicted octanol–water partition coefficient (Wildman–Crippen LogP) is 4.97. The lowest BCUT2D eigenvalue weighted by atomic mass is 10.1. The number of aliphatic hydroxyl groups excluding tert-OH is 1. The van der Waals surface area contributed by atoms with E-state index >= 15 is 0 Å². The molecule has 3 aromatic rings. The number of rotatable bonds is 8. The Bertz CT molecular complexity index is 1110. The highest BCUT2D eigenvalue weighted by atomic mass is 35.5. The molecule has 0 spiro atoms. The van der Waals surface area contributed by atoms with Gasteiger partial charge < -0.3 is 19.9 Å². The zero-order valence-electron chi connectivity index (χ0n) is 16.7. The Labute approximate surface area is 184 Å². The standard InChI is InChI=1S/C24H20ClNO5/c1-30-19-9-11-20(12-10-19)31-23-5-3-2-4-21(23)24(29)26-22-13-7-17(25)14-16(22)6-8-18(28)15-27/h2-14,27H,15H2,1H3,(H,26,29)/b8-6+. The molecule has 0 saturated carbocycles. The van der Waals surface area contributed by atoms with Crippen molar-refractivity contribution in [2.45, 2.75) is 0 Å². The number of ether oxygens (including phenoxy) is 2. The maximum Gasteiger partial charge on any atom is 0.259 e. The normalized spacial score (nSPS) is 10.7. The molecule has 0 aromatic heterocycles. The van der Waals surface area contributed by atoms with Gasteiger partial charge in [-0.2, -0.15) is 0 Å². The van der Waals surface area contributed by atoms with E-state index in [1.54, 1.807) is 73.8 Å². The Balaban J connectivity index is 1.84. The lowest BCUT2D eigenvalue weighted by Crippen LogP contribution is -2.14. The van der Waals surface area contributed by atoms with Crippen LogP contribution in [0.4, 0.5) is 5.69 Å². The summed E-state index contributed by atoms with van der Waals surface area (Å²) in [4.78, 5) is 24.4. The van der Waals surface area contributed by atoms with Gasteiger partial charge in [0.05, 0.1) is 12.7 Å². The van der Waals surface area contributed by atoms with Crippen LogP contribution in [-0.4, -0.2) is 30.5 Å². The highest BCUT2D eigenvalue weighted by Gasteiger charge is 2.15. The molecule has 0 radical (unpaired) electrons. The van der Waals surface area contributed by atoms with E-state index in [0.717, 1.165) is 0 Å². The number of hydrogen-bond acceptors (Lipinski definition) is 5. The number of methoxy groups -OCH3 is 1. The van der Waals surface area contributed by atoms with Crippen LogP contribution in [0.1, 0.15) is 15.9 Å². The topological polar surface area (TPSA) is 84.9 Å². The first-order chi connectivity index (χ1) is 15.0. The van der Waals surface area contributed by atoms with Crippen LogP contribution < -0.4 is 14.8 Å². The maximum absolute atomic E-state index is 13.0. The van der Waals surface area contributed by atoms with E-state index in [2.05, 4.69) is 5.32 Å². The third-order valence-corrected chi connectivity index (χ3v) is 4.52. The van der Waals surface area contributed by atoms with Crippen LogP contribution in [0.3, 0.4) is 0 Å². The third-order valence-electron chi connectivity index (χ3n) is 4.29. The number of aliphatic hydroxyl groups is 1. The largest absolute Gasteiger partial charge is 0.497 e. The molecule has 0 aliphatic carbocycles. The molecule has 31 heavy (non-hydrogen) atoms. The van der Waals surface area contributed by atoms with Crippen LogP contribution in [0.15, 0.2) is 72.8 Å². The Morgan fingerprint density at radius 2 is 1.74 bits per heavy atom. The van der Waals surface area contributed by atoms with E-state index in [9.17, 15) is 9.59 Å². The predicted molar refractivity (Wildman–Crippen MR) is 120 cm³/mol. The van der Waals surface area contributed by atoms with Crippen LogP contribution in [0.5, 0.6) is 17.2 Å². The minimum Gasteiger partial charge on any atom is -0.497 e. The molecule has 7 heteroatoms. The number of halogens is 1. The number of carbonyl (C=O) groups excluding carboxylic acids is 2. The molecule has 0 aliphatic heterocycles. The zero-order valence-corrected chi connectivity index (χ0v) is 17.4. The van der Waals surface area contributed by atoms with Gasteiger partial charge in [-0.3, -0.25) is 9.59 Å². The highest BCUT2D eigenvalue weighted by Crippen LogP contribution is 2.28. The van der Waals surface area contributed by atoms with Crippen molar-refractivity contribution in [1.82, 2.24) is 0 Å². The van der Waals surface area contributed by atoms with Gasteiger partial charge in [0, 0.05) is 10.7 Å². The first-order valence-corrected chi connectivity index (χ1v) is 9.71. The first-order valence-electron chi connectivity index (χ1n) is 9.34. The lowest BCUT2D eigenvalue weighted by molar-refractivity contribution is -0.117. The van der Waals surface area contributed by atoms with Gasteiger partial charge in [-0.1, -0.05) is 23.7 Å². The van der Waals surface area contributed by atoms with E-state index in [1.807, 2.05) is 0 Å². The van der Waals surface area contributed by atoms with Gasteiger partial charge in [0.1, 0.15) is 23.9 Å². The molecule has 1 amide bonds. The van der Waals surface area contributed by atoms with E-state index in [4.69, 9.17) is 26.2 Å². The molecule has 158 valence electrons. The van der Waals surface area contributed by atoms with Gasteiger partial charge >= 0.3 is 0 Å². The second-order valence-electron chi connectivity index (χ2n) is 6.42. The Kier molecular flexibility index (Phi) is 7.43. The molecule has 0 unspecified atom stereocenters. The summed E-state index contributed by atoms with van der Waals surface area (Å²) < 4.78 is 11.0. The number of para-hydroxylation sites is 1. The molecule has 0 heterocycles. The molecule has 0 aliphatic rings. The van der Waals surface area contributed by atoms with E-state index in [0.29, 0.717) is 39.1 Å². The summed E-state index contributed by atoms with van der Waals surface area (Å²) in [5.74, 6) is 0.775. The lowest BCUT2D eigenvalue weighted by Gasteiger charge is -2.13.